The van der Waals surface area contributed by atoms with E-state index in [1.807, 2.05) is 0 Å². The Morgan fingerprint density at radius 3 is 1.84 bits per heavy atom. The second-order valence-corrected chi connectivity index (χ2v) is 21.4. The Labute approximate surface area is 162 Å². The van der Waals surface area contributed by atoms with Crippen molar-refractivity contribution in [2.75, 3.05) is 6.61 Å². The summed E-state index contributed by atoms with van der Waals surface area (Å²) in [6.45, 7) is 7.24. The fraction of sp³-hybridized carbons (Fsp3) is 0.826. The van der Waals surface area contributed by atoms with Crippen LogP contribution in [0.15, 0.2) is 21.8 Å². The van der Waals surface area contributed by atoms with E-state index >= 15 is 0 Å². The first kappa shape index (κ1) is 23.3. The standard InChI is InChI=1S/C11H17O.3C4H9.Sn/c12-10-6-2-5-9-11-7-3-1-4-8-11;3*1-3-4-2;/h5-6,9,11-12H,1,3-4,7-8,10H2;3*1,3-4H2,2H3;/b6-2?,9-5+;;;;. The molecule has 0 spiro atoms. The topological polar surface area (TPSA) is 20.2 Å². The number of hydrogen-bond donors (Lipinski definition) is 1. The molecular weight excluding hydrogens is 411 g/mol. The Morgan fingerprint density at radius 1 is 0.880 bits per heavy atom. The summed E-state index contributed by atoms with van der Waals surface area (Å²) in [5.41, 5.74) is 0. The molecule has 1 saturated carbocycles. The number of aliphatic hydroxyl groups excluding tert-OH is 1. The van der Waals surface area contributed by atoms with Crippen molar-refractivity contribution < 1.29 is 5.11 Å². The zero-order valence-electron chi connectivity index (χ0n) is 17.4. The van der Waals surface area contributed by atoms with Gasteiger partial charge >= 0.3 is 163 Å². The molecule has 1 fully saturated rings. The van der Waals surface area contributed by atoms with E-state index in [9.17, 15) is 5.11 Å². The van der Waals surface area contributed by atoms with Crippen LogP contribution in [0.2, 0.25) is 13.3 Å². The Hall–Kier alpha value is 0.239. The Kier molecular flexibility index (Phi) is 13.3. The molecule has 1 aliphatic carbocycles. The maximum absolute atomic E-state index is 9.74. The molecule has 25 heavy (non-hydrogen) atoms. The van der Waals surface area contributed by atoms with Gasteiger partial charge in [-0.3, -0.25) is 0 Å². The zero-order chi connectivity index (χ0) is 18.4. The molecule has 0 aromatic rings. The molecule has 0 aromatic carbocycles. The van der Waals surface area contributed by atoms with Crippen molar-refractivity contribution in [1.29, 1.82) is 0 Å². The van der Waals surface area contributed by atoms with Crippen LogP contribution in [0.1, 0.15) is 91.4 Å². The molecule has 0 saturated heterocycles. The van der Waals surface area contributed by atoms with Crippen molar-refractivity contribution in [3.05, 3.63) is 21.8 Å². The SMILES string of the molecule is CCC[CH2][Sn]([CH2]CCC)([CH2]CCC)[C](/C=C/C1CCCCC1)=C/CO. The Morgan fingerprint density at radius 2 is 1.40 bits per heavy atom. The summed E-state index contributed by atoms with van der Waals surface area (Å²) in [6, 6.07) is 0. The van der Waals surface area contributed by atoms with Crippen LogP contribution in [0.4, 0.5) is 0 Å². The number of allylic oxidation sites excluding steroid dienone is 3. The van der Waals surface area contributed by atoms with Crippen LogP contribution in [-0.2, 0) is 0 Å². The molecule has 2 heteroatoms. The van der Waals surface area contributed by atoms with Gasteiger partial charge in [-0.05, 0) is 0 Å². The van der Waals surface area contributed by atoms with Gasteiger partial charge in [0.05, 0.1) is 0 Å². The van der Waals surface area contributed by atoms with E-state index in [1.165, 1.54) is 83.9 Å². The first-order valence-corrected chi connectivity index (χ1v) is 18.7. The molecule has 0 atom stereocenters. The molecule has 0 heterocycles. The fourth-order valence-electron chi connectivity index (χ4n) is 4.48. The van der Waals surface area contributed by atoms with Gasteiger partial charge in [0, 0.05) is 0 Å². The van der Waals surface area contributed by atoms with Gasteiger partial charge in [0.2, 0.25) is 0 Å². The van der Waals surface area contributed by atoms with E-state index in [1.54, 1.807) is 3.59 Å². The monoisotopic (exact) mass is 456 g/mol. The van der Waals surface area contributed by atoms with Gasteiger partial charge in [-0.1, -0.05) is 0 Å². The van der Waals surface area contributed by atoms with Gasteiger partial charge in [-0.15, -0.1) is 0 Å². The van der Waals surface area contributed by atoms with Gasteiger partial charge in [-0.2, -0.15) is 0 Å². The number of aliphatic hydroxyl groups is 1. The van der Waals surface area contributed by atoms with Crippen LogP contribution in [0.3, 0.4) is 0 Å². The molecule has 0 unspecified atom stereocenters. The van der Waals surface area contributed by atoms with Crippen molar-refractivity contribution >= 4 is 18.4 Å². The van der Waals surface area contributed by atoms with Crippen LogP contribution in [0.5, 0.6) is 0 Å². The van der Waals surface area contributed by atoms with E-state index < -0.39 is 18.4 Å². The third-order valence-corrected chi connectivity index (χ3v) is 21.9. The average Bonchev–Trinajstić information content (AvgIpc) is 2.66. The van der Waals surface area contributed by atoms with Crippen molar-refractivity contribution in [2.24, 2.45) is 5.92 Å². The van der Waals surface area contributed by atoms with E-state index in [0.29, 0.717) is 0 Å². The van der Waals surface area contributed by atoms with Crippen molar-refractivity contribution in [3.63, 3.8) is 0 Å². The van der Waals surface area contributed by atoms with Crippen molar-refractivity contribution in [3.8, 4) is 0 Å². The van der Waals surface area contributed by atoms with Crippen molar-refractivity contribution in [1.82, 2.24) is 0 Å². The molecule has 0 bridgehead atoms. The number of rotatable bonds is 13. The molecule has 0 amide bonds. The molecule has 0 aliphatic heterocycles. The van der Waals surface area contributed by atoms with Gasteiger partial charge in [-0.25, -0.2) is 0 Å². The molecular formula is C23H44OSn. The van der Waals surface area contributed by atoms with Gasteiger partial charge in [0.1, 0.15) is 0 Å². The summed E-state index contributed by atoms with van der Waals surface area (Å²) in [7, 11) is 0. The van der Waals surface area contributed by atoms with Gasteiger partial charge in [0.25, 0.3) is 0 Å². The first-order valence-electron chi connectivity index (χ1n) is 11.2. The Balaban J connectivity index is 3.02. The fourth-order valence-corrected chi connectivity index (χ4v) is 20.7. The minimum atomic E-state index is -2.38. The molecule has 0 radical (unpaired) electrons. The molecule has 1 nitrogen and oxygen atoms in total. The van der Waals surface area contributed by atoms with Gasteiger partial charge in [0.15, 0.2) is 0 Å². The van der Waals surface area contributed by atoms with E-state index in [0.717, 1.165) is 5.92 Å². The van der Waals surface area contributed by atoms with E-state index in [2.05, 4.69) is 39.0 Å². The van der Waals surface area contributed by atoms with Crippen LogP contribution < -0.4 is 0 Å². The summed E-state index contributed by atoms with van der Waals surface area (Å²) in [6.07, 6.45) is 22.4. The summed E-state index contributed by atoms with van der Waals surface area (Å²) < 4.78 is 6.13. The average molecular weight is 455 g/mol. The number of hydrogen-bond acceptors (Lipinski definition) is 1. The van der Waals surface area contributed by atoms with Gasteiger partial charge < -0.3 is 0 Å². The summed E-state index contributed by atoms with van der Waals surface area (Å²) in [5.74, 6) is 0.795. The Bertz CT molecular complexity index is 358. The van der Waals surface area contributed by atoms with E-state index in [4.69, 9.17) is 0 Å². The van der Waals surface area contributed by atoms with Crippen LogP contribution in [0.25, 0.3) is 0 Å². The minimum absolute atomic E-state index is 0.230. The van der Waals surface area contributed by atoms with Crippen LogP contribution in [-0.4, -0.2) is 30.1 Å². The number of unbranched alkanes of at least 4 members (excludes halogenated alkanes) is 3. The summed E-state index contributed by atoms with van der Waals surface area (Å²) >= 11 is -2.38. The second kappa shape index (κ2) is 14.3. The molecule has 1 N–H and O–H groups in total. The van der Waals surface area contributed by atoms with Crippen molar-refractivity contribution in [2.45, 2.75) is 105 Å². The van der Waals surface area contributed by atoms with Crippen LogP contribution in [0, 0.1) is 5.92 Å². The van der Waals surface area contributed by atoms with E-state index in [-0.39, 0.29) is 6.61 Å². The third kappa shape index (κ3) is 8.64. The summed E-state index contributed by atoms with van der Waals surface area (Å²) in [5, 5.41) is 9.74. The third-order valence-electron chi connectivity index (χ3n) is 6.15. The first-order chi connectivity index (χ1) is 12.2. The molecule has 0 aromatic heterocycles. The second-order valence-electron chi connectivity index (χ2n) is 8.19. The molecule has 146 valence electrons. The van der Waals surface area contributed by atoms with Crippen LogP contribution >= 0.6 is 0 Å². The predicted molar refractivity (Wildman–Crippen MR) is 116 cm³/mol. The zero-order valence-corrected chi connectivity index (χ0v) is 20.2. The normalized spacial score (nSPS) is 17.5. The molecule has 1 aliphatic rings. The predicted octanol–water partition coefficient (Wildman–Crippen LogP) is 7.43. The summed E-state index contributed by atoms with van der Waals surface area (Å²) in [4.78, 5) is 0. The quantitative estimate of drug-likeness (QED) is 0.226. The maximum atomic E-state index is 9.74. The molecule has 1 rings (SSSR count).